The van der Waals surface area contributed by atoms with Crippen LogP contribution in [-0.4, -0.2) is 10.9 Å². The largest absolute Gasteiger partial charge is 0.488 e. The van der Waals surface area contributed by atoms with E-state index in [1.807, 2.05) is 25.1 Å². The molecule has 1 N–H and O–H groups in total. The monoisotopic (exact) mass is 351 g/mol. The molecule has 2 aromatic rings. The molecule has 0 heterocycles. The average molecular weight is 352 g/mol. The first-order valence-electron chi connectivity index (χ1n) is 6.52. The van der Waals surface area contributed by atoms with Crippen molar-refractivity contribution in [2.75, 3.05) is 0 Å². The van der Waals surface area contributed by atoms with E-state index >= 15 is 0 Å². The van der Waals surface area contributed by atoms with Crippen LogP contribution in [0, 0.1) is 5.82 Å². The second-order valence-electron chi connectivity index (χ2n) is 4.46. The van der Waals surface area contributed by atoms with Gasteiger partial charge >= 0.3 is 0 Å². The lowest BCUT2D eigenvalue weighted by Crippen LogP contribution is -2.04. The van der Waals surface area contributed by atoms with E-state index in [4.69, 9.17) is 9.94 Å². The minimum absolute atomic E-state index is 0.232. The minimum atomic E-state index is -0.317. The summed E-state index contributed by atoms with van der Waals surface area (Å²) in [4.78, 5) is 0. The predicted octanol–water partition coefficient (Wildman–Crippen LogP) is 4.76. The molecule has 0 radical (unpaired) electrons. The van der Waals surface area contributed by atoms with Crippen LogP contribution in [0.4, 0.5) is 4.39 Å². The molecule has 0 amide bonds. The fourth-order valence-electron chi connectivity index (χ4n) is 2.00. The van der Waals surface area contributed by atoms with Gasteiger partial charge in [0.15, 0.2) is 0 Å². The number of hydrogen-bond donors (Lipinski definition) is 1. The van der Waals surface area contributed by atoms with Crippen LogP contribution in [0.15, 0.2) is 52.1 Å². The normalized spacial score (nSPS) is 11.5. The summed E-state index contributed by atoms with van der Waals surface area (Å²) in [6.45, 7) is 2.13. The maximum absolute atomic E-state index is 13.3. The van der Waals surface area contributed by atoms with Crippen molar-refractivity contribution in [3.63, 3.8) is 0 Å². The lowest BCUT2D eigenvalue weighted by atomic mass is 10.1. The van der Waals surface area contributed by atoms with Gasteiger partial charge in [0, 0.05) is 10.0 Å². The Labute approximate surface area is 131 Å². The molecular weight excluding hydrogens is 337 g/mol. The van der Waals surface area contributed by atoms with Gasteiger partial charge in [-0.25, -0.2) is 4.39 Å². The van der Waals surface area contributed by atoms with Crippen LogP contribution in [0.1, 0.15) is 24.5 Å². The van der Waals surface area contributed by atoms with Crippen molar-refractivity contribution < 1.29 is 14.3 Å². The van der Waals surface area contributed by atoms with Gasteiger partial charge in [-0.1, -0.05) is 40.1 Å². The van der Waals surface area contributed by atoms with Crippen LogP contribution in [0.5, 0.6) is 5.75 Å². The molecule has 0 bridgehead atoms. The number of hydrogen-bond acceptors (Lipinski definition) is 3. The maximum atomic E-state index is 13.3. The van der Waals surface area contributed by atoms with Crippen LogP contribution < -0.4 is 4.74 Å². The predicted molar refractivity (Wildman–Crippen MR) is 83.5 cm³/mol. The summed E-state index contributed by atoms with van der Waals surface area (Å²) in [5, 5.41) is 12.3. The fraction of sp³-hybridized carbons (Fsp3) is 0.188. The number of nitrogens with zero attached hydrogens (tertiary/aromatic N) is 1. The second-order valence-corrected chi connectivity index (χ2v) is 5.38. The number of para-hydroxylation sites is 1. The third-order valence-electron chi connectivity index (χ3n) is 2.97. The molecule has 0 saturated heterocycles. The molecule has 0 aliphatic carbocycles. The first-order valence-corrected chi connectivity index (χ1v) is 7.31. The van der Waals surface area contributed by atoms with Crippen molar-refractivity contribution in [2.24, 2.45) is 5.16 Å². The van der Waals surface area contributed by atoms with Crippen molar-refractivity contribution in [1.82, 2.24) is 0 Å². The van der Waals surface area contributed by atoms with E-state index in [0.29, 0.717) is 22.4 Å². The Bertz CT molecular complexity index is 638. The summed E-state index contributed by atoms with van der Waals surface area (Å²) < 4.78 is 19.7. The molecule has 2 rings (SSSR count). The van der Waals surface area contributed by atoms with Gasteiger partial charge in [-0.05, 0) is 42.3 Å². The Balaban J connectivity index is 2.20. The maximum Gasteiger partial charge on any atom is 0.128 e. The van der Waals surface area contributed by atoms with E-state index < -0.39 is 0 Å². The van der Waals surface area contributed by atoms with Crippen LogP contribution >= 0.6 is 15.9 Å². The van der Waals surface area contributed by atoms with Crippen molar-refractivity contribution >= 4 is 21.6 Å². The molecule has 0 aliphatic heterocycles. The smallest absolute Gasteiger partial charge is 0.128 e. The van der Waals surface area contributed by atoms with Crippen molar-refractivity contribution in [2.45, 2.75) is 20.0 Å². The zero-order valence-electron chi connectivity index (χ0n) is 11.5. The first-order chi connectivity index (χ1) is 10.1. The summed E-state index contributed by atoms with van der Waals surface area (Å²) in [7, 11) is 0. The molecular formula is C16H15BrFNO2. The van der Waals surface area contributed by atoms with Crippen molar-refractivity contribution in [3.8, 4) is 5.75 Å². The van der Waals surface area contributed by atoms with Crippen LogP contribution in [-0.2, 0) is 6.61 Å². The fourth-order valence-corrected chi connectivity index (χ4v) is 2.51. The third-order valence-corrected chi connectivity index (χ3v) is 3.43. The summed E-state index contributed by atoms with van der Waals surface area (Å²) in [6, 6.07) is 11.9. The molecule has 0 fully saturated rings. The highest BCUT2D eigenvalue weighted by Crippen LogP contribution is 2.22. The lowest BCUT2D eigenvalue weighted by Gasteiger charge is -2.12. The molecule has 0 atom stereocenters. The van der Waals surface area contributed by atoms with Gasteiger partial charge in [0.25, 0.3) is 0 Å². The number of ether oxygens (including phenoxy) is 1. The van der Waals surface area contributed by atoms with Crippen LogP contribution in [0.25, 0.3) is 0 Å². The van der Waals surface area contributed by atoms with E-state index in [0.717, 1.165) is 11.1 Å². The SMILES string of the molecule is CCC(=NO)c1ccccc1OCc1cc(F)cc(Br)c1. The Kier molecular flexibility index (Phi) is 5.33. The second kappa shape index (κ2) is 7.22. The summed E-state index contributed by atoms with van der Waals surface area (Å²) >= 11 is 3.25. The zero-order valence-corrected chi connectivity index (χ0v) is 13.1. The average Bonchev–Trinajstić information content (AvgIpc) is 2.46. The zero-order chi connectivity index (χ0) is 15.2. The molecule has 0 aromatic heterocycles. The number of benzene rings is 2. The molecule has 21 heavy (non-hydrogen) atoms. The Hall–Kier alpha value is -1.88. The topological polar surface area (TPSA) is 41.8 Å². The standard InChI is InChI=1S/C16H15BrFNO2/c1-2-15(19-20)14-5-3-4-6-16(14)21-10-11-7-12(17)9-13(18)8-11/h3-9,20H,2,10H2,1H3. The Morgan fingerprint density at radius 3 is 2.71 bits per heavy atom. The van der Waals surface area contributed by atoms with Gasteiger partial charge in [0.2, 0.25) is 0 Å². The number of rotatable bonds is 5. The molecule has 0 aliphatic rings. The molecule has 3 nitrogen and oxygen atoms in total. The van der Waals surface area contributed by atoms with Gasteiger partial charge in [0.1, 0.15) is 18.2 Å². The van der Waals surface area contributed by atoms with Crippen LogP contribution in [0.3, 0.4) is 0 Å². The van der Waals surface area contributed by atoms with E-state index in [1.54, 1.807) is 12.1 Å². The highest BCUT2D eigenvalue weighted by molar-refractivity contribution is 9.10. The van der Waals surface area contributed by atoms with Gasteiger partial charge in [-0.15, -0.1) is 0 Å². The molecule has 0 spiro atoms. The first kappa shape index (κ1) is 15.5. The highest BCUT2D eigenvalue weighted by atomic mass is 79.9. The van der Waals surface area contributed by atoms with Crippen molar-refractivity contribution in [3.05, 3.63) is 63.9 Å². The van der Waals surface area contributed by atoms with Crippen LogP contribution in [0.2, 0.25) is 0 Å². The quantitative estimate of drug-likeness (QED) is 0.479. The van der Waals surface area contributed by atoms with Gasteiger partial charge in [-0.3, -0.25) is 0 Å². The van der Waals surface area contributed by atoms with E-state index in [-0.39, 0.29) is 12.4 Å². The lowest BCUT2D eigenvalue weighted by molar-refractivity contribution is 0.302. The van der Waals surface area contributed by atoms with Crippen molar-refractivity contribution in [1.29, 1.82) is 0 Å². The van der Waals surface area contributed by atoms with E-state index in [2.05, 4.69) is 21.1 Å². The van der Waals surface area contributed by atoms with E-state index in [1.165, 1.54) is 12.1 Å². The summed E-state index contributed by atoms with van der Waals surface area (Å²) in [5.74, 6) is 0.287. The molecule has 2 aromatic carbocycles. The Morgan fingerprint density at radius 2 is 2.05 bits per heavy atom. The minimum Gasteiger partial charge on any atom is -0.488 e. The van der Waals surface area contributed by atoms with E-state index in [9.17, 15) is 4.39 Å². The Morgan fingerprint density at radius 1 is 1.29 bits per heavy atom. The number of oxime groups is 1. The summed E-state index contributed by atoms with van der Waals surface area (Å²) in [5.41, 5.74) is 2.00. The van der Waals surface area contributed by atoms with Gasteiger partial charge in [0.05, 0.1) is 5.71 Å². The molecule has 110 valence electrons. The molecule has 0 saturated carbocycles. The third kappa shape index (κ3) is 4.04. The number of halogens is 2. The van der Waals surface area contributed by atoms with Gasteiger partial charge in [-0.2, -0.15) is 0 Å². The van der Waals surface area contributed by atoms with Gasteiger partial charge < -0.3 is 9.94 Å². The molecule has 5 heteroatoms. The summed E-state index contributed by atoms with van der Waals surface area (Å²) in [6.07, 6.45) is 0.586. The molecule has 0 unspecified atom stereocenters. The highest BCUT2D eigenvalue weighted by Gasteiger charge is 2.09.